The van der Waals surface area contributed by atoms with Gasteiger partial charge in [0.25, 0.3) is 5.91 Å². The lowest BCUT2D eigenvalue weighted by Gasteiger charge is -2.60. The number of fused-ring (bicyclic) bond motifs is 8. The Balaban J connectivity index is 1.40. The van der Waals surface area contributed by atoms with Crippen LogP contribution in [0.1, 0.15) is 56.0 Å². The number of nitrogens with one attached hydrogen (secondary N) is 1. The summed E-state index contributed by atoms with van der Waals surface area (Å²) in [7, 11) is 8.14. The van der Waals surface area contributed by atoms with E-state index < -0.39 is 30.1 Å². The first kappa shape index (κ1) is 34.5. The third kappa shape index (κ3) is 5.09. The van der Waals surface area contributed by atoms with Gasteiger partial charge in [0.2, 0.25) is 0 Å². The molecule has 3 aliphatic rings. The molecular weight excluding hydrogens is 674 g/mol. The Morgan fingerprint density at radius 3 is 2.12 bits per heavy atom. The minimum absolute atomic E-state index is 0.0202. The van der Waals surface area contributed by atoms with Gasteiger partial charge in [-0.05, 0) is 58.0 Å². The van der Waals surface area contributed by atoms with Gasteiger partial charge in [-0.1, -0.05) is 17.7 Å². The molecular formula is C38H40ClN5O7. The number of phenolic OH excluding ortho intramolecular Hbond substituents is 2. The van der Waals surface area contributed by atoms with Crippen molar-refractivity contribution in [2.75, 3.05) is 42.0 Å². The van der Waals surface area contributed by atoms with E-state index >= 15 is 0 Å². The SMILES string of the molecule is COc1c(C)c(OC)c2c(c1O)[C@@H]1[C@@H]3Cc4c(OC)c(C)c(OC)c(O)c4[C@H](CNC(=O)c4ccc5cc(Cl)ccc5n4)N3C(C#N)[C@H](C2)N1C. The molecule has 0 spiro atoms. The number of amides is 1. The second kappa shape index (κ2) is 13.0. The van der Waals surface area contributed by atoms with Crippen molar-refractivity contribution in [3.8, 4) is 40.6 Å². The highest BCUT2D eigenvalue weighted by atomic mass is 35.5. The van der Waals surface area contributed by atoms with E-state index in [-0.39, 0.29) is 35.5 Å². The van der Waals surface area contributed by atoms with Crippen molar-refractivity contribution in [2.24, 2.45) is 0 Å². The number of benzene rings is 3. The van der Waals surface area contributed by atoms with Crippen molar-refractivity contribution in [3.05, 3.63) is 74.4 Å². The Labute approximate surface area is 301 Å². The summed E-state index contributed by atoms with van der Waals surface area (Å²) in [5, 5.41) is 39.1. The quantitative estimate of drug-likeness (QED) is 0.233. The molecule has 3 aliphatic heterocycles. The average molecular weight is 714 g/mol. The van der Waals surface area contributed by atoms with Crippen LogP contribution in [-0.4, -0.2) is 91.1 Å². The predicted octanol–water partition coefficient (Wildman–Crippen LogP) is 5.15. The third-order valence-corrected chi connectivity index (χ3v) is 11.2. The van der Waals surface area contributed by atoms with Crippen LogP contribution in [0.4, 0.5) is 0 Å². The molecule has 5 atom stereocenters. The monoisotopic (exact) mass is 713 g/mol. The van der Waals surface area contributed by atoms with Crippen LogP contribution >= 0.6 is 11.6 Å². The molecule has 12 nitrogen and oxygen atoms in total. The summed E-state index contributed by atoms with van der Waals surface area (Å²) >= 11 is 6.16. The lowest BCUT2D eigenvalue weighted by atomic mass is 9.71. The van der Waals surface area contributed by atoms with Gasteiger partial charge in [-0.25, -0.2) is 4.98 Å². The molecule has 1 aromatic heterocycles. The molecule has 3 N–H and O–H groups in total. The van der Waals surface area contributed by atoms with Crippen molar-refractivity contribution in [2.45, 2.75) is 56.9 Å². The van der Waals surface area contributed by atoms with Gasteiger partial charge in [-0.15, -0.1) is 0 Å². The van der Waals surface area contributed by atoms with Gasteiger partial charge in [0.15, 0.2) is 23.0 Å². The Bertz CT molecular complexity index is 2140. The minimum Gasteiger partial charge on any atom is -0.504 e. The van der Waals surface area contributed by atoms with Crippen LogP contribution in [0.25, 0.3) is 10.9 Å². The van der Waals surface area contributed by atoms with Crippen molar-refractivity contribution in [1.82, 2.24) is 20.1 Å². The number of methoxy groups -OCH3 is 4. The molecule has 2 bridgehead atoms. The molecule has 4 aromatic rings. The number of piperazine rings is 1. The average Bonchev–Trinajstić information content (AvgIpc) is 3.11. The lowest BCUT2D eigenvalue weighted by Crippen LogP contribution is -2.68. The van der Waals surface area contributed by atoms with Crippen LogP contribution in [0, 0.1) is 25.2 Å². The lowest BCUT2D eigenvalue weighted by molar-refractivity contribution is -0.0724. The molecule has 0 radical (unpaired) electrons. The molecule has 7 rings (SSSR count). The van der Waals surface area contributed by atoms with Crippen LogP contribution < -0.4 is 24.3 Å². The highest BCUT2D eigenvalue weighted by molar-refractivity contribution is 6.31. The van der Waals surface area contributed by atoms with Gasteiger partial charge in [-0.2, -0.15) is 5.26 Å². The Morgan fingerprint density at radius 1 is 0.922 bits per heavy atom. The van der Waals surface area contributed by atoms with Crippen molar-refractivity contribution >= 4 is 28.4 Å². The maximum atomic E-state index is 13.8. The standard InChI is InChI=1S/C38H40ClN5O7/c1-17-34(48-4)21-14-26-31-30-22(35(49-5)18(2)37(51-7)33(30)46)13-25(43(31)3)27(15-40)44(26)28(29(21)32(45)36(17)50-6)16-41-38(47)24-10-8-19-12-20(39)9-11-23(19)42-24/h8-12,25-28,31,45-46H,13-14,16H2,1-7H3,(H,41,47)/t25-,26-,27?,28-,31-/m0/s1. The fourth-order valence-corrected chi connectivity index (χ4v) is 9.10. The molecule has 1 saturated heterocycles. The number of halogens is 1. The number of aromatic hydroxyl groups is 2. The summed E-state index contributed by atoms with van der Waals surface area (Å²) in [6, 6.07) is 8.71. The van der Waals surface area contributed by atoms with E-state index in [9.17, 15) is 20.3 Å². The molecule has 13 heteroatoms. The van der Waals surface area contributed by atoms with Gasteiger partial charge < -0.3 is 34.5 Å². The topological polar surface area (TPSA) is 150 Å². The van der Waals surface area contributed by atoms with E-state index in [1.54, 1.807) is 44.6 Å². The van der Waals surface area contributed by atoms with Gasteiger partial charge in [0.1, 0.15) is 23.2 Å². The summed E-state index contributed by atoms with van der Waals surface area (Å²) < 4.78 is 23.3. The fraction of sp³-hybridized carbons (Fsp3) is 0.395. The molecule has 3 aromatic carbocycles. The van der Waals surface area contributed by atoms with E-state index in [0.717, 1.165) is 16.5 Å². The van der Waals surface area contributed by atoms with Gasteiger partial charge in [0.05, 0.1) is 52.1 Å². The molecule has 266 valence electrons. The first-order valence-corrected chi connectivity index (χ1v) is 17.0. The Morgan fingerprint density at radius 2 is 1.51 bits per heavy atom. The van der Waals surface area contributed by atoms with Crippen LogP contribution in [-0.2, 0) is 12.8 Å². The number of carbonyl (C=O) groups is 1. The number of pyridine rings is 1. The molecule has 1 fully saturated rings. The van der Waals surface area contributed by atoms with Crippen molar-refractivity contribution in [3.63, 3.8) is 0 Å². The van der Waals surface area contributed by atoms with E-state index in [1.807, 2.05) is 20.9 Å². The maximum Gasteiger partial charge on any atom is 0.269 e. The normalized spacial score (nSPS) is 22.3. The van der Waals surface area contributed by atoms with E-state index in [2.05, 4.69) is 26.2 Å². The molecule has 0 aliphatic carbocycles. The number of likely N-dealkylation sites (N-methyl/N-ethyl adjacent to an activating group) is 1. The smallest absolute Gasteiger partial charge is 0.269 e. The predicted molar refractivity (Wildman–Crippen MR) is 190 cm³/mol. The first-order chi connectivity index (χ1) is 24.5. The molecule has 1 unspecified atom stereocenters. The Kier molecular flexibility index (Phi) is 8.78. The number of phenols is 2. The van der Waals surface area contributed by atoms with Gasteiger partial charge in [0, 0.05) is 62.4 Å². The zero-order valence-electron chi connectivity index (χ0n) is 29.5. The number of rotatable bonds is 7. The van der Waals surface area contributed by atoms with Crippen LogP contribution in [0.3, 0.4) is 0 Å². The summed E-state index contributed by atoms with van der Waals surface area (Å²) in [6.45, 7) is 3.69. The highest BCUT2D eigenvalue weighted by Gasteiger charge is 2.57. The van der Waals surface area contributed by atoms with Gasteiger partial charge >= 0.3 is 0 Å². The second-order valence-corrected chi connectivity index (χ2v) is 13.7. The molecule has 4 heterocycles. The minimum atomic E-state index is -0.702. The number of nitrogens with zero attached hydrogens (tertiary/aromatic N) is 4. The van der Waals surface area contributed by atoms with Crippen LogP contribution in [0.2, 0.25) is 5.02 Å². The van der Waals surface area contributed by atoms with Crippen molar-refractivity contribution in [1.29, 1.82) is 5.26 Å². The number of nitriles is 1. The number of ether oxygens (including phenoxy) is 4. The number of hydrogen-bond acceptors (Lipinski definition) is 11. The summed E-state index contributed by atoms with van der Waals surface area (Å²) in [5.74, 6) is 1.27. The highest BCUT2D eigenvalue weighted by Crippen LogP contribution is 2.58. The van der Waals surface area contributed by atoms with E-state index in [0.29, 0.717) is 62.9 Å². The first-order valence-electron chi connectivity index (χ1n) is 16.7. The summed E-state index contributed by atoms with van der Waals surface area (Å²) in [5.41, 5.74) is 4.88. The molecule has 1 amide bonds. The second-order valence-electron chi connectivity index (χ2n) is 13.3. The number of hydrogen-bond donors (Lipinski definition) is 3. The summed E-state index contributed by atoms with van der Waals surface area (Å²) in [4.78, 5) is 22.6. The van der Waals surface area contributed by atoms with E-state index in [1.165, 1.54) is 14.2 Å². The largest absolute Gasteiger partial charge is 0.504 e. The maximum absolute atomic E-state index is 13.8. The van der Waals surface area contributed by atoms with Gasteiger partial charge in [-0.3, -0.25) is 14.6 Å². The summed E-state index contributed by atoms with van der Waals surface area (Å²) in [6.07, 6.45) is 0.766. The fourth-order valence-electron chi connectivity index (χ4n) is 8.92. The third-order valence-electron chi connectivity index (χ3n) is 11.0. The van der Waals surface area contributed by atoms with Crippen LogP contribution in [0.15, 0.2) is 30.3 Å². The zero-order valence-corrected chi connectivity index (χ0v) is 30.3. The van der Waals surface area contributed by atoms with E-state index in [4.69, 9.17) is 30.5 Å². The zero-order chi connectivity index (χ0) is 36.5. The number of carbonyl (C=O) groups excluding carboxylic acids is 1. The van der Waals surface area contributed by atoms with Crippen LogP contribution in [0.5, 0.6) is 34.5 Å². The Hall–Kier alpha value is -4.96. The molecule has 51 heavy (non-hydrogen) atoms. The van der Waals surface area contributed by atoms with Crippen molar-refractivity contribution < 1.29 is 34.0 Å². The molecule has 0 saturated carbocycles. The number of aromatic nitrogens is 1.